The van der Waals surface area contributed by atoms with Gasteiger partial charge < -0.3 is 5.32 Å². The highest BCUT2D eigenvalue weighted by Gasteiger charge is 2.30. The lowest BCUT2D eigenvalue weighted by Crippen LogP contribution is -2.38. The maximum atomic E-state index is 13.9. The molecule has 3 rings (SSSR count). The average Bonchev–Trinajstić information content (AvgIpc) is 2.66. The second-order valence-corrected chi connectivity index (χ2v) is 9.49. The molecule has 5 nitrogen and oxygen atoms in total. The van der Waals surface area contributed by atoms with E-state index < -0.39 is 27.6 Å². The Morgan fingerprint density at radius 2 is 1.76 bits per heavy atom. The van der Waals surface area contributed by atoms with Gasteiger partial charge in [-0.2, -0.15) is 4.31 Å². The molecule has 1 N–H and O–H groups in total. The number of benzene rings is 2. The normalized spacial score (nSPS) is 16.0. The molecule has 1 saturated heterocycles. The summed E-state index contributed by atoms with van der Waals surface area (Å²) in [6, 6.07) is 5.71. The molecule has 0 atom stereocenters. The van der Waals surface area contributed by atoms with Crippen molar-refractivity contribution >= 4 is 21.6 Å². The number of piperidine rings is 1. The molecule has 29 heavy (non-hydrogen) atoms. The van der Waals surface area contributed by atoms with Crippen LogP contribution in [0.2, 0.25) is 0 Å². The minimum absolute atomic E-state index is 0.0804. The number of carbonyl (C=O) groups is 1. The summed E-state index contributed by atoms with van der Waals surface area (Å²) >= 11 is 0. The second kappa shape index (κ2) is 8.20. The van der Waals surface area contributed by atoms with Gasteiger partial charge in [0.1, 0.15) is 11.6 Å². The van der Waals surface area contributed by atoms with Gasteiger partial charge in [0.15, 0.2) is 0 Å². The van der Waals surface area contributed by atoms with Crippen LogP contribution in [0.3, 0.4) is 0 Å². The van der Waals surface area contributed by atoms with Crippen LogP contribution in [-0.4, -0.2) is 31.7 Å². The van der Waals surface area contributed by atoms with Gasteiger partial charge >= 0.3 is 0 Å². The predicted molar refractivity (Wildman–Crippen MR) is 107 cm³/mol. The number of nitrogens with one attached hydrogen (secondary N) is 1. The SMILES string of the molecule is Cc1cc(C(=O)Nc2ccc(F)cc2F)cc(S(=O)(=O)N2CCC(C)CC2)c1C. The first-order chi connectivity index (χ1) is 13.6. The molecule has 8 heteroatoms. The molecule has 1 amide bonds. The number of nitrogens with zero attached hydrogens (tertiary/aromatic N) is 1. The van der Waals surface area contributed by atoms with Crippen LogP contribution in [0.15, 0.2) is 35.2 Å². The fourth-order valence-corrected chi connectivity index (χ4v) is 5.17. The lowest BCUT2D eigenvalue weighted by molar-refractivity contribution is 0.102. The van der Waals surface area contributed by atoms with E-state index in [1.54, 1.807) is 19.9 Å². The van der Waals surface area contributed by atoms with E-state index >= 15 is 0 Å². The Balaban J connectivity index is 1.94. The monoisotopic (exact) mass is 422 g/mol. The van der Waals surface area contributed by atoms with Crippen LogP contribution in [0.1, 0.15) is 41.3 Å². The summed E-state index contributed by atoms with van der Waals surface area (Å²) in [5.41, 5.74) is 1.14. The zero-order chi connectivity index (χ0) is 21.3. The first kappa shape index (κ1) is 21.4. The van der Waals surface area contributed by atoms with Crippen molar-refractivity contribution in [2.24, 2.45) is 5.92 Å². The summed E-state index contributed by atoms with van der Waals surface area (Å²) in [6.07, 6.45) is 1.59. The van der Waals surface area contributed by atoms with E-state index in [9.17, 15) is 22.0 Å². The number of anilines is 1. The smallest absolute Gasteiger partial charge is 0.255 e. The molecule has 0 aromatic heterocycles. The molecule has 0 unspecified atom stereocenters. The topological polar surface area (TPSA) is 66.5 Å². The third-order valence-electron chi connectivity index (χ3n) is 5.42. The van der Waals surface area contributed by atoms with Crippen molar-refractivity contribution in [1.82, 2.24) is 4.31 Å². The number of rotatable bonds is 4. The standard InChI is InChI=1S/C21H24F2N2O3S/c1-13-6-8-25(9-7-13)29(27,28)20-11-16(10-14(2)15(20)3)21(26)24-19-5-4-17(22)12-18(19)23/h4-5,10-13H,6-9H2,1-3H3,(H,24,26). The van der Waals surface area contributed by atoms with Crippen LogP contribution in [0.25, 0.3) is 0 Å². The van der Waals surface area contributed by atoms with Gasteiger partial charge in [0.25, 0.3) is 5.91 Å². The predicted octanol–water partition coefficient (Wildman–Crippen LogP) is 4.25. The Kier molecular flexibility index (Phi) is 6.05. The van der Waals surface area contributed by atoms with E-state index in [1.165, 1.54) is 10.4 Å². The van der Waals surface area contributed by atoms with Crippen molar-refractivity contribution in [3.63, 3.8) is 0 Å². The van der Waals surface area contributed by atoms with Gasteiger partial charge in [-0.1, -0.05) is 6.92 Å². The average molecular weight is 422 g/mol. The highest BCUT2D eigenvalue weighted by molar-refractivity contribution is 7.89. The van der Waals surface area contributed by atoms with Crippen LogP contribution in [-0.2, 0) is 10.0 Å². The van der Waals surface area contributed by atoms with Crippen molar-refractivity contribution in [3.05, 3.63) is 58.7 Å². The van der Waals surface area contributed by atoms with E-state index in [0.29, 0.717) is 36.2 Å². The molecule has 0 radical (unpaired) electrons. The molecule has 0 aliphatic carbocycles. The second-order valence-electron chi connectivity index (χ2n) is 7.58. The Bertz CT molecular complexity index is 1050. The molecule has 1 fully saturated rings. The van der Waals surface area contributed by atoms with Crippen LogP contribution in [0, 0.1) is 31.4 Å². The van der Waals surface area contributed by atoms with Gasteiger partial charge in [-0.25, -0.2) is 17.2 Å². The largest absolute Gasteiger partial charge is 0.319 e. The molecule has 1 aliphatic rings. The number of hydrogen-bond donors (Lipinski definition) is 1. The number of carbonyl (C=O) groups excluding carboxylic acids is 1. The van der Waals surface area contributed by atoms with E-state index in [0.717, 1.165) is 25.0 Å². The van der Waals surface area contributed by atoms with Gasteiger partial charge in [-0.05, 0) is 68.0 Å². The third-order valence-corrected chi connectivity index (χ3v) is 7.45. The maximum absolute atomic E-state index is 13.9. The zero-order valence-electron chi connectivity index (χ0n) is 16.6. The molecule has 1 heterocycles. The van der Waals surface area contributed by atoms with E-state index in [1.807, 2.05) is 0 Å². The van der Waals surface area contributed by atoms with Crippen LogP contribution in [0.4, 0.5) is 14.5 Å². The molecular formula is C21H24F2N2O3S. The number of halogens is 2. The highest BCUT2D eigenvalue weighted by Crippen LogP contribution is 2.28. The lowest BCUT2D eigenvalue weighted by atomic mass is 10.0. The van der Waals surface area contributed by atoms with Crippen molar-refractivity contribution in [3.8, 4) is 0 Å². The minimum Gasteiger partial charge on any atom is -0.319 e. The molecule has 2 aromatic carbocycles. The first-order valence-corrected chi connectivity index (χ1v) is 10.9. The number of hydrogen-bond acceptors (Lipinski definition) is 3. The fourth-order valence-electron chi connectivity index (χ4n) is 3.38. The number of aryl methyl sites for hydroxylation is 1. The van der Waals surface area contributed by atoms with Gasteiger partial charge in [-0.3, -0.25) is 4.79 Å². The maximum Gasteiger partial charge on any atom is 0.255 e. The molecular weight excluding hydrogens is 398 g/mol. The summed E-state index contributed by atoms with van der Waals surface area (Å²) in [5.74, 6) is -1.84. The van der Waals surface area contributed by atoms with Crippen molar-refractivity contribution in [2.45, 2.75) is 38.5 Å². The molecule has 2 aromatic rings. The van der Waals surface area contributed by atoms with Gasteiger partial charge in [0.2, 0.25) is 10.0 Å². The molecule has 156 valence electrons. The quantitative estimate of drug-likeness (QED) is 0.801. The number of sulfonamides is 1. The van der Waals surface area contributed by atoms with Gasteiger partial charge in [0.05, 0.1) is 10.6 Å². The summed E-state index contributed by atoms with van der Waals surface area (Å²) < 4.78 is 54.7. The Morgan fingerprint density at radius 1 is 1.10 bits per heavy atom. The highest BCUT2D eigenvalue weighted by atomic mass is 32.2. The van der Waals surface area contributed by atoms with Crippen molar-refractivity contribution in [2.75, 3.05) is 18.4 Å². The fraction of sp³-hybridized carbons (Fsp3) is 0.381. The first-order valence-electron chi connectivity index (χ1n) is 9.47. The number of amides is 1. The summed E-state index contributed by atoms with van der Waals surface area (Å²) in [7, 11) is -3.75. The summed E-state index contributed by atoms with van der Waals surface area (Å²) in [4.78, 5) is 12.7. The van der Waals surface area contributed by atoms with Crippen LogP contribution in [0.5, 0.6) is 0 Å². The van der Waals surface area contributed by atoms with Gasteiger partial charge in [-0.15, -0.1) is 0 Å². The molecule has 0 saturated carbocycles. The Morgan fingerprint density at radius 3 is 2.38 bits per heavy atom. The van der Waals surface area contributed by atoms with Crippen molar-refractivity contribution < 1.29 is 22.0 Å². The van der Waals surface area contributed by atoms with E-state index in [4.69, 9.17) is 0 Å². The molecule has 0 spiro atoms. The van der Waals surface area contributed by atoms with E-state index in [-0.39, 0.29) is 16.1 Å². The van der Waals surface area contributed by atoms with Crippen LogP contribution >= 0.6 is 0 Å². The molecule has 1 aliphatic heterocycles. The third kappa shape index (κ3) is 4.48. The zero-order valence-corrected chi connectivity index (χ0v) is 17.4. The van der Waals surface area contributed by atoms with E-state index in [2.05, 4.69) is 12.2 Å². The summed E-state index contributed by atoms with van der Waals surface area (Å²) in [5, 5.41) is 2.38. The molecule has 0 bridgehead atoms. The Labute approximate surface area is 169 Å². The summed E-state index contributed by atoms with van der Waals surface area (Å²) in [6.45, 7) is 6.41. The van der Waals surface area contributed by atoms with Gasteiger partial charge in [0, 0.05) is 24.7 Å². The van der Waals surface area contributed by atoms with Crippen LogP contribution < -0.4 is 5.32 Å². The van der Waals surface area contributed by atoms with Crippen molar-refractivity contribution in [1.29, 1.82) is 0 Å². The lowest BCUT2D eigenvalue weighted by Gasteiger charge is -2.30. The minimum atomic E-state index is -3.75. The Hall–Kier alpha value is -2.32.